The van der Waals surface area contributed by atoms with Crippen LogP contribution in [0.4, 0.5) is 4.39 Å². The number of hydrogen-bond donors (Lipinski definition) is 1. The van der Waals surface area contributed by atoms with Gasteiger partial charge in [0, 0.05) is 6.04 Å². The molecule has 1 rings (SSSR count). The molecular weight excluding hydrogens is 117 g/mol. The van der Waals surface area contributed by atoms with Crippen LogP contribution in [0.2, 0.25) is 0 Å². The quantitative estimate of drug-likeness (QED) is 0.601. The standard InChI is InChI=1S/C7H14FN/c1-4(9)3-6-5(2)7(6)8/h4-7H,3,9H2,1-2H3. The molecule has 54 valence electrons. The molecule has 1 fully saturated rings. The van der Waals surface area contributed by atoms with Gasteiger partial charge in [0.2, 0.25) is 0 Å². The molecule has 4 atom stereocenters. The smallest absolute Gasteiger partial charge is 0.106 e. The van der Waals surface area contributed by atoms with Crippen LogP contribution in [0.1, 0.15) is 20.3 Å². The first kappa shape index (κ1) is 7.00. The molecule has 1 aliphatic carbocycles. The lowest BCUT2D eigenvalue weighted by atomic mass is 10.1. The molecule has 2 N–H and O–H groups in total. The summed E-state index contributed by atoms with van der Waals surface area (Å²) in [6, 6.07) is 0.165. The topological polar surface area (TPSA) is 26.0 Å². The number of hydrogen-bond acceptors (Lipinski definition) is 1. The Kier molecular flexibility index (Phi) is 1.75. The van der Waals surface area contributed by atoms with Gasteiger partial charge in [-0.2, -0.15) is 0 Å². The summed E-state index contributed by atoms with van der Waals surface area (Å²) >= 11 is 0. The van der Waals surface area contributed by atoms with Crippen molar-refractivity contribution in [3.63, 3.8) is 0 Å². The van der Waals surface area contributed by atoms with Crippen molar-refractivity contribution in [3.8, 4) is 0 Å². The minimum atomic E-state index is -0.559. The SMILES string of the molecule is CC(N)CC1C(C)C1F. The van der Waals surface area contributed by atoms with Gasteiger partial charge in [-0.05, 0) is 25.2 Å². The highest BCUT2D eigenvalue weighted by Crippen LogP contribution is 2.44. The summed E-state index contributed by atoms with van der Waals surface area (Å²) in [5.41, 5.74) is 5.49. The highest BCUT2D eigenvalue weighted by Gasteiger charge is 2.47. The van der Waals surface area contributed by atoms with Crippen LogP contribution >= 0.6 is 0 Å². The molecule has 2 heteroatoms. The zero-order valence-corrected chi connectivity index (χ0v) is 5.97. The van der Waals surface area contributed by atoms with E-state index in [2.05, 4.69) is 0 Å². The summed E-state index contributed by atoms with van der Waals surface area (Å²) in [5, 5.41) is 0. The maximum absolute atomic E-state index is 12.5. The van der Waals surface area contributed by atoms with Crippen molar-refractivity contribution >= 4 is 0 Å². The third-order valence-corrected chi connectivity index (χ3v) is 2.09. The second kappa shape index (κ2) is 2.25. The van der Waals surface area contributed by atoms with E-state index < -0.39 is 6.17 Å². The lowest BCUT2D eigenvalue weighted by Gasteiger charge is -2.00. The van der Waals surface area contributed by atoms with Crippen molar-refractivity contribution in [1.82, 2.24) is 0 Å². The number of halogens is 1. The van der Waals surface area contributed by atoms with Crippen molar-refractivity contribution < 1.29 is 4.39 Å². The van der Waals surface area contributed by atoms with Crippen molar-refractivity contribution in [2.24, 2.45) is 17.6 Å². The largest absolute Gasteiger partial charge is 0.328 e. The van der Waals surface area contributed by atoms with Crippen LogP contribution < -0.4 is 5.73 Å². The number of rotatable bonds is 2. The summed E-state index contributed by atoms with van der Waals surface area (Å²) in [4.78, 5) is 0. The second-order valence-corrected chi connectivity index (χ2v) is 3.18. The van der Waals surface area contributed by atoms with Crippen LogP contribution in [0.15, 0.2) is 0 Å². The van der Waals surface area contributed by atoms with E-state index in [0.717, 1.165) is 6.42 Å². The van der Waals surface area contributed by atoms with E-state index in [1.807, 2.05) is 13.8 Å². The fourth-order valence-electron chi connectivity index (χ4n) is 1.27. The molecule has 0 radical (unpaired) electrons. The van der Waals surface area contributed by atoms with Gasteiger partial charge in [-0.15, -0.1) is 0 Å². The Balaban J connectivity index is 2.18. The molecule has 0 heterocycles. The predicted molar refractivity (Wildman–Crippen MR) is 35.8 cm³/mol. The van der Waals surface area contributed by atoms with E-state index in [4.69, 9.17) is 5.73 Å². The van der Waals surface area contributed by atoms with Gasteiger partial charge in [-0.1, -0.05) is 6.92 Å². The third kappa shape index (κ3) is 1.42. The molecule has 4 unspecified atom stereocenters. The molecule has 0 bridgehead atoms. The predicted octanol–water partition coefficient (Wildman–Crippen LogP) is 1.33. The van der Waals surface area contributed by atoms with Crippen LogP contribution in [0.5, 0.6) is 0 Å². The Hall–Kier alpha value is -0.110. The molecule has 1 saturated carbocycles. The van der Waals surface area contributed by atoms with E-state index in [0.29, 0.717) is 0 Å². The zero-order chi connectivity index (χ0) is 7.02. The first-order valence-electron chi connectivity index (χ1n) is 3.52. The fraction of sp³-hybridized carbons (Fsp3) is 1.00. The first-order chi connectivity index (χ1) is 4.13. The van der Waals surface area contributed by atoms with Crippen LogP contribution in [0, 0.1) is 11.8 Å². The third-order valence-electron chi connectivity index (χ3n) is 2.09. The molecular formula is C7H14FN. The molecule has 0 saturated heterocycles. The number of nitrogens with two attached hydrogens (primary N) is 1. The average molecular weight is 131 g/mol. The van der Waals surface area contributed by atoms with Gasteiger partial charge in [0.15, 0.2) is 0 Å². The molecule has 0 aromatic heterocycles. The van der Waals surface area contributed by atoms with E-state index >= 15 is 0 Å². The van der Waals surface area contributed by atoms with Crippen molar-refractivity contribution in [2.75, 3.05) is 0 Å². The van der Waals surface area contributed by atoms with E-state index in [1.165, 1.54) is 0 Å². The molecule has 9 heavy (non-hydrogen) atoms. The minimum Gasteiger partial charge on any atom is -0.328 e. The van der Waals surface area contributed by atoms with E-state index in [1.54, 1.807) is 0 Å². The van der Waals surface area contributed by atoms with Crippen molar-refractivity contribution in [3.05, 3.63) is 0 Å². The first-order valence-corrected chi connectivity index (χ1v) is 3.52. The Bertz CT molecular complexity index is 95.1. The molecule has 0 amide bonds. The average Bonchev–Trinajstić information content (AvgIpc) is 2.22. The van der Waals surface area contributed by atoms with E-state index in [-0.39, 0.29) is 17.9 Å². The summed E-state index contributed by atoms with van der Waals surface area (Å²) in [7, 11) is 0. The molecule has 0 aliphatic heterocycles. The number of alkyl halides is 1. The highest BCUT2D eigenvalue weighted by molar-refractivity contribution is 4.95. The summed E-state index contributed by atoms with van der Waals surface area (Å²) in [6.45, 7) is 3.87. The molecule has 1 aliphatic rings. The Morgan fingerprint density at radius 3 is 2.22 bits per heavy atom. The van der Waals surface area contributed by atoms with E-state index in [9.17, 15) is 4.39 Å². The minimum absolute atomic E-state index is 0.165. The molecule has 0 aromatic carbocycles. The highest BCUT2D eigenvalue weighted by atomic mass is 19.1. The lowest BCUT2D eigenvalue weighted by Crippen LogP contribution is -2.15. The van der Waals surface area contributed by atoms with Crippen molar-refractivity contribution in [1.29, 1.82) is 0 Å². The van der Waals surface area contributed by atoms with Gasteiger partial charge in [-0.3, -0.25) is 0 Å². The van der Waals surface area contributed by atoms with Gasteiger partial charge < -0.3 is 5.73 Å². The van der Waals surface area contributed by atoms with Gasteiger partial charge in [0.05, 0.1) is 0 Å². The second-order valence-electron chi connectivity index (χ2n) is 3.18. The molecule has 0 spiro atoms. The summed E-state index contributed by atoms with van der Waals surface area (Å²) < 4.78 is 12.5. The van der Waals surface area contributed by atoms with Gasteiger partial charge in [0.1, 0.15) is 6.17 Å². The zero-order valence-electron chi connectivity index (χ0n) is 5.97. The van der Waals surface area contributed by atoms with Gasteiger partial charge in [-0.25, -0.2) is 4.39 Å². The molecule has 0 aromatic rings. The Morgan fingerprint density at radius 1 is 1.67 bits per heavy atom. The maximum atomic E-state index is 12.5. The van der Waals surface area contributed by atoms with Crippen molar-refractivity contribution in [2.45, 2.75) is 32.5 Å². The lowest BCUT2D eigenvalue weighted by molar-refractivity contribution is 0.421. The Morgan fingerprint density at radius 2 is 2.11 bits per heavy atom. The van der Waals surface area contributed by atoms with Gasteiger partial charge in [0.25, 0.3) is 0 Å². The maximum Gasteiger partial charge on any atom is 0.106 e. The van der Waals surface area contributed by atoms with Gasteiger partial charge >= 0.3 is 0 Å². The van der Waals surface area contributed by atoms with Crippen LogP contribution in [0.25, 0.3) is 0 Å². The monoisotopic (exact) mass is 131 g/mol. The Labute approximate surface area is 55.4 Å². The normalized spacial score (nSPS) is 44.7. The summed E-state index contributed by atoms with van der Waals surface area (Å²) in [6.07, 6.45) is 0.290. The van der Waals surface area contributed by atoms with Crippen LogP contribution in [-0.2, 0) is 0 Å². The van der Waals surface area contributed by atoms with Crippen LogP contribution in [0.3, 0.4) is 0 Å². The van der Waals surface area contributed by atoms with Crippen LogP contribution in [-0.4, -0.2) is 12.2 Å². The fourth-order valence-corrected chi connectivity index (χ4v) is 1.27. The molecule has 1 nitrogen and oxygen atoms in total. The summed E-state index contributed by atoms with van der Waals surface area (Å²) in [5.74, 6) is 0.543.